The van der Waals surface area contributed by atoms with E-state index in [-0.39, 0.29) is 5.91 Å². The SMILES string of the molecule is Cc1cnc(-n2ncc(C(=O)NCc3cncn3C)c2-c2ccccc2)nc1-c1cccs1. The molecule has 4 heterocycles. The number of hydrogen-bond acceptors (Lipinski definition) is 6. The van der Waals surface area contributed by atoms with Crippen molar-refractivity contribution in [2.24, 2.45) is 7.05 Å². The summed E-state index contributed by atoms with van der Waals surface area (Å²) in [5, 5.41) is 9.50. The molecule has 0 saturated carbocycles. The van der Waals surface area contributed by atoms with Crippen LogP contribution in [0.2, 0.25) is 0 Å². The van der Waals surface area contributed by atoms with E-state index in [1.165, 1.54) is 0 Å². The number of aromatic nitrogens is 6. The first-order chi connectivity index (χ1) is 16.1. The highest BCUT2D eigenvalue weighted by Crippen LogP contribution is 2.29. The minimum atomic E-state index is -0.230. The van der Waals surface area contributed by atoms with Crippen LogP contribution in [-0.2, 0) is 13.6 Å². The molecule has 0 aliphatic rings. The second kappa shape index (κ2) is 8.79. The number of aryl methyl sites for hydroxylation is 2. The molecule has 33 heavy (non-hydrogen) atoms. The fourth-order valence-electron chi connectivity index (χ4n) is 3.56. The minimum Gasteiger partial charge on any atom is -0.346 e. The Bertz CT molecular complexity index is 1400. The highest BCUT2D eigenvalue weighted by atomic mass is 32.1. The van der Waals surface area contributed by atoms with Crippen LogP contribution in [0.15, 0.2) is 72.8 Å². The molecule has 1 amide bonds. The summed E-state index contributed by atoms with van der Waals surface area (Å²) in [4.78, 5) is 27.6. The lowest BCUT2D eigenvalue weighted by atomic mass is 10.1. The van der Waals surface area contributed by atoms with E-state index in [9.17, 15) is 4.79 Å². The summed E-state index contributed by atoms with van der Waals surface area (Å²) in [7, 11) is 1.89. The Balaban J connectivity index is 1.56. The van der Waals surface area contributed by atoms with Crippen molar-refractivity contribution < 1.29 is 4.79 Å². The number of nitrogens with zero attached hydrogens (tertiary/aromatic N) is 6. The van der Waals surface area contributed by atoms with E-state index in [2.05, 4.69) is 20.4 Å². The normalized spacial score (nSPS) is 11.0. The molecular formula is C24H21N7OS. The van der Waals surface area contributed by atoms with E-state index in [4.69, 9.17) is 4.98 Å². The van der Waals surface area contributed by atoms with Gasteiger partial charge in [-0.15, -0.1) is 11.3 Å². The van der Waals surface area contributed by atoms with Gasteiger partial charge in [-0.1, -0.05) is 36.4 Å². The molecule has 4 aromatic heterocycles. The van der Waals surface area contributed by atoms with Gasteiger partial charge in [-0.3, -0.25) is 4.79 Å². The van der Waals surface area contributed by atoms with Crippen molar-refractivity contribution in [3.05, 3.63) is 89.6 Å². The van der Waals surface area contributed by atoms with E-state index < -0.39 is 0 Å². The number of carbonyl (C=O) groups is 1. The summed E-state index contributed by atoms with van der Waals surface area (Å²) in [6, 6.07) is 13.7. The molecule has 0 radical (unpaired) electrons. The van der Waals surface area contributed by atoms with Crippen LogP contribution in [0.5, 0.6) is 0 Å². The maximum Gasteiger partial charge on any atom is 0.255 e. The van der Waals surface area contributed by atoms with E-state index in [0.29, 0.717) is 23.8 Å². The molecule has 0 spiro atoms. The summed E-state index contributed by atoms with van der Waals surface area (Å²) in [6.45, 7) is 2.34. The highest BCUT2D eigenvalue weighted by molar-refractivity contribution is 7.13. The van der Waals surface area contributed by atoms with Crippen molar-refractivity contribution >= 4 is 17.2 Å². The molecule has 0 saturated heterocycles. The van der Waals surface area contributed by atoms with Crippen molar-refractivity contribution in [1.82, 2.24) is 34.6 Å². The third kappa shape index (κ3) is 4.06. The molecule has 0 aliphatic carbocycles. The van der Waals surface area contributed by atoms with E-state index in [0.717, 1.165) is 27.4 Å². The maximum atomic E-state index is 13.2. The Morgan fingerprint density at radius 1 is 1.09 bits per heavy atom. The summed E-state index contributed by atoms with van der Waals surface area (Å²) >= 11 is 1.62. The zero-order valence-corrected chi connectivity index (χ0v) is 19.0. The van der Waals surface area contributed by atoms with Gasteiger partial charge in [-0.2, -0.15) is 9.78 Å². The first kappa shape index (κ1) is 20.8. The zero-order valence-electron chi connectivity index (χ0n) is 18.1. The van der Waals surface area contributed by atoms with Crippen LogP contribution in [0.3, 0.4) is 0 Å². The number of thiophene rings is 1. The number of carbonyl (C=O) groups excluding carboxylic acids is 1. The Morgan fingerprint density at radius 2 is 1.94 bits per heavy atom. The molecule has 0 bridgehead atoms. The molecule has 1 aromatic carbocycles. The number of nitrogens with one attached hydrogen (secondary N) is 1. The fraction of sp³-hybridized carbons (Fsp3) is 0.125. The van der Waals surface area contributed by atoms with Gasteiger partial charge < -0.3 is 9.88 Å². The van der Waals surface area contributed by atoms with E-state index >= 15 is 0 Å². The van der Waals surface area contributed by atoms with Crippen molar-refractivity contribution in [3.8, 4) is 27.8 Å². The van der Waals surface area contributed by atoms with Crippen LogP contribution in [0.25, 0.3) is 27.8 Å². The molecule has 8 nitrogen and oxygen atoms in total. The summed E-state index contributed by atoms with van der Waals surface area (Å²) in [5.41, 5.74) is 4.67. The van der Waals surface area contributed by atoms with Crippen molar-refractivity contribution in [2.75, 3.05) is 0 Å². The predicted octanol–water partition coefficient (Wildman–Crippen LogP) is 4.03. The molecule has 0 atom stereocenters. The van der Waals surface area contributed by atoms with Gasteiger partial charge in [0.2, 0.25) is 0 Å². The molecule has 164 valence electrons. The quantitative estimate of drug-likeness (QED) is 0.417. The van der Waals surface area contributed by atoms with Gasteiger partial charge in [-0.25, -0.2) is 15.0 Å². The number of imidazole rings is 1. The second-order valence-electron chi connectivity index (χ2n) is 7.54. The van der Waals surface area contributed by atoms with Crippen LogP contribution in [0.1, 0.15) is 21.6 Å². The van der Waals surface area contributed by atoms with E-state index in [1.54, 1.807) is 40.9 Å². The Morgan fingerprint density at radius 3 is 2.67 bits per heavy atom. The lowest BCUT2D eigenvalue weighted by molar-refractivity contribution is 0.0951. The molecule has 9 heteroatoms. The third-order valence-electron chi connectivity index (χ3n) is 5.31. The third-order valence-corrected chi connectivity index (χ3v) is 6.19. The van der Waals surface area contributed by atoms with Crippen molar-refractivity contribution in [1.29, 1.82) is 0 Å². The molecule has 0 unspecified atom stereocenters. The summed E-state index contributed by atoms with van der Waals surface area (Å²) < 4.78 is 3.50. The summed E-state index contributed by atoms with van der Waals surface area (Å²) in [6.07, 6.45) is 6.79. The van der Waals surface area contributed by atoms with Gasteiger partial charge in [-0.05, 0) is 23.9 Å². The lowest BCUT2D eigenvalue weighted by Crippen LogP contribution is -2.24. The Hall–Kier alpha value is -4.11. The Kier molecular flexibility index (Phi) is 5.54. The van der Waals surface area contributed by atoms with Gasteiger partial charge in [0.15, 0.2) is 0 Å². The Labute approximate surface area is 194 Å². The van der Waals surface area contributed by atoms with Gasteiger partial charge in [0.1, 0.15) is 0 Å². The zero-order chi connectivity index (χ0) is 22.8. The second-order valence-corrected chi connectivity index (χ2v) is 8.49. The predicted molar refractivity (Wildman–Crippen MR) is 127 cm³/mol. The number of amides is 1. The molecule has 0 fully saturated rings. The van der Waals surface area contributed by atoms with Gasteiger partial charge in [0.25, 0.3) is 11.9 Å². The monoisotopic (exact) mass is 455 g/mol. The van der Waals surface area contributed by atoms with Gasteiger partial charge in [0, 0.05) is 25.0 Å². The topological polar surface area (TPSA) is 90.5 Å². The average molecular weight is 456 g/mol. The van der Waals surface area contributed by atoms with Crippen LogP contribution in [0.4, 0.5) is 0 Å². The summed E-state index contributed by atoms with van der Waals surface area (Å²) in [5.74, 6) is 0.181. The molecule has 0 aliphatic heterocycles. The van der Waals surface area contributed by atoms with Crippen LogP contribution >= 0.6 is 11.3 Å². The molecule has 1 N–H and O–H groups in total. The first-order valence-corrected chi connectivity index (χ1v) is 11.2. The highest BCUT2D eigenvalue weighted by Gasteiger charge is 2.22. The fourth-order valence-corrected chi connectivity index (χ4v) is 4.34. The van der Waals surface area contributed by atoms with Crippen LogP contribution in [0, 0.1) is 6.92 Å². The number of rotatable bonds is 6. The van der Waals surface area contributed by atoms with Gasteiger partial charge in [0.05, 0.1) is 46.6 Å². The largest absolute Gasteiger partial charge is 0.346 e. The van der Waals surface area contributed by atoms with Crippen LogP contribution in [-0.4, -0.2) is 35.2 Å². The average Bonchev–Trinajstić information content (AvgIpc) is 3.60. The molecule has 5 aromatic rings. The van der Waals surface area contributed by atoms with Gasteiger partial charge >= 0.3 is 0 Å². The van der Waals surface area contributed by atoms with Crippen LogP contribution < -0.4 is 5.32 Å². The first-order valence-electron chi connectivity index (χ1n) is 10.4. The molecule has 5 rings (SSSR count). The van der Waals surface area contributed by atoms with Crippen molar-refractivity contribution in [3.63, 3.8) is 0 Å². The standard InChI is InChI=1S/C24H21N7OS/c1-16-11-27-24(29-21(16)20-9-6-10-33-20)31-22(17-7-4-3-5-8-17)19(14-28-31)23(32)26-13-18-12-25-15-30(18)2/h3-12,14-15H,13H2,1-2H3,(H,26,32). The van der Waals surface area contributed by atoms with E-state index in [1.807, 2.05) is 66.4 Å². The number of hydrogen-bond donors (Lipinski definition) is 1. The maximum absolute atomic E-state index is 13.2. The van der Waals surface area contributed by atoms with Crippen molar-refractivity contribution in [2.45, 2.75) is 13.5 Å². The minimum absolute atomic E-state index is 0.230. The molecular weight excluding hydrogens is 434 g/mol. The smallest absolute Gasteiger partial charge is 0.255 e. The number of benzene rings is 1. The lowest BCUT2D eigenvalue weighted by Gasteiger charge is -2.11.